The minimum Gasteiger partial charge on any atom is -0.497 e. The van der Waals surface area contributed by atoms with Crippen molar-refractivity contribution in [3.63, 3.8) is 0 Å². The van der Waals surface area contributed by atoms with Crippen molar-refractivity contribution in [3.05, 3.63) is 59.7 Å². The highest BCUT2D eigenvalue weighted by molar-refractivity contribution is 14.0. The van der Waals surface area contributed by atoms with E-state index in [0.29, 0.717) is 13.1 Å². The molecule has 30 heavy (non-hydrogen) atoms. The molecule has 0 saturated heterocycles. The van der Waals surface area contributed by atoms with Gasteiger partial charge in [-0.15, -0.1) is 24.0 Å². The van der Waals surface area contributed by atoms with Crippen LogP contribution in [0.2, 0.25) is 0 Å². The molecule has 2 aromatic rings. The van der Waals surface area contributed by atoms with Crippen LogP contribution < -0.4 is 20.1 Å². The summed E-state index contributed by atoms with van der Waals surface area (Å²) in [4.78, 5) is 6.59. The number of halogens is 1. The largest absolute Gasteiger partial charge is 0.497 e. The molecule has 6 nitrogen and oxygen atoms in total. The molecule has 0 aliphatic carbocycles. The molecule has 0 saturated carbocycles. The van der Waals surface area contributed by atoms with Gasteiger partial charge in [-0.3, -0.25) is 4.99 Å². The van der Waals surface area contributed by atoms with Crippen LogP contribution in [0.25, 0.3) is 0 Å². The molecular weight excluding hydrogens is 491 g/mol. The van der Waals surface area contributed by atoms with Gasteiger partial charge in [0, 0.05) is 26.2 Å². The molecule has 0 aliphatic rings. The third-order valence-electron chi connectivity index (χ3n) is 4.60. The Balaban J connectivity index is 0.00000450. The normalized spacial score (nSPS) is 12.1. The molecule has 166 valence electrons. The smallest absolute Gasteiger partial charge is 0.191 e. The minimum atomic E-state index is -0.0198. The van der Waals surface area contributed by atoms with E-state index in [1.807, 2.05) is 31.2 Å². The van der Waals surface area contributed by atoms with Gasteiger partial charge in [-0.1, -0.05) is 37.3 Å². The molecule has 0 spiro atoms. The third-order valence-corrected chi connectivity index (χ3v) is 4.60. The first-order valence-electron chi connectivity index (χ1n) is 10.1. The second-order valence-corrected chi connectivity index (χ2v) is 7.06. The average Bonchev–Trinajstić information content (AvgIpc) is 2.74. The van der Waals surface area contributed by atoms with Crippen LogP contribution in [0.4, 0.5) is 0 Å². The monoisotopic (exact) mass is 526 g/mol. The summed E-state index contributed by atoms with van der Waals surface area (Å²) in [6.07, 6.45) is -0.0198. The summed E-state index contributed by atoms with van der Waals surface area (Å²) >= 11 is 0. The Morgan fingerprint density at radius 2 is 1.77 bits per heavy atom. The van der Waals surface area contributed by atoms with Gasteiger partial charge < -0.3 is 25.0 Å². The van der Waals surface area contributed by atoms with Crippen molar-refractivity contribution in [2.75, 3.05) is 34.3 Å². The van der Waals surface area contributed by atoms with Gasteiger partial charge in [0.15, 0.2) is 5.96 Å². The Bertz CT molecular complexity index is 785. The van der Waals surface area contributed by atoms with Crippen LogP contribution in [0, 0.1) is 0 Å². The molecule has 2 aromatic carbocycles. The number of benzene rings is 2. The van der Waals surface area contributed by atoms with Crippen LogP contribution in [0.5, 0.6) is 11.5 Å². The molecule has 0 radical (unpaired) electrons. The number of nitrogens with zero attached hydrogens (tertiary/aromatic N) is 2. The summed E-state index contributed by atoms with van der Waals surface area (Å²) in [5, 5.41) is 6.69. The zero-order valence-corrected chi connectivity index (χ0v) is 21.0. The Morgan fingerprint density at radius 1 is 1.07 bits per heavy atom. The van der Waals surface area contributed by atoms with Crippen molar-refractivity contribution < 1.29 is 9.47 Å². The topological polar surface area (TPSA) is 58.1 Å². The molecule has 0 fully saturated rings. The highest BCUT2D eigenvalue weighted by Gasteiger charge is 2.07. The number of ether oxygens (including phenoxy) is 2. The van der Waals surface area contributed by atoms with E-state index in [1.54, 1.807) is 14.2 Å². The van der Waals surface area contributed by atoms with Crippen molar-refractivity contribution in [3.8, 4) is 11.5 Å². The lowest BCUT2D eigenvalue weighted by atomic mass is 10.1. The van der Waals surface area contributed by atoms with Crippen molar-refractivity contribution >= 4 is 29.9 Å². The van der Waals surface area contributed by atoms with E-state index in [4.69, 9.17) is 9.47 Å². The second kappa shape index (κ2) is 14.1. The SMILES string of the molecule is CCN(C)Cc1cccc(CNC(=NC)NCC(C)Oc2cccc(OC)c2)c1.I. The summed E-state index contributed by atoms with van der Waals surface area (Å²) in [6, 6.07) is 16.3. The maximum atomic E-state index is 5.95. The first kappa shape index (κ1) is 26.0. The quantitative estimate of drug-likeness (QED) is 0.280. The summed E-state index contributed by atoms with van der Waals surface area (Å²) in [5.41, 5.74) is 2.55. The maximum Gasteiger partial charge on any atom is 0.191 e. The average molecular weight is 526 g/mol. The highest BCUT2D eigenvalue weighted by Crippen LogP contribution is 2.19. The van der Waals surface area contributed by atoms with E-state index in [0.717, 1.165) is 30.5 Å². The van der Waals surface area contributed by atoms with E-state index in [1.165, 1.54) is 11.1 Å². The van der Waals surface area contributed by atoms with Crippen molar-refractivity contribution in [1.82, 2.24) is 15.5 Å². The van der Waals surface area contributed by atoms with Gasteiger partial charge in [-0.25, -0.2) is 0 Å². The molecule has 0 aliphatic heterocycles. The van der Waals surface area contributed by atoms with Gasteiger partial charge in [0.05, 0.1) is 13.7 Å². The fourth-order valence-electron chi connectivity index (χ4n) is 2.86. The zero-order valence-electron chi connectivity index (χ0n) is 18.6. The van der Waals surface area contributed by atoms with Crippen molar-refractivity contribution in [1.29, 1.82) is 0 Å². The number of rotatable bonds is 10. The Hall–Kier alpha value is -2.00. The first-order valence-corrected chi connectivity index (χ1v) is 10.1. The van der Waals surface area contributed by atoms with Gasteiger partial charge in [-0.2, -0.15) is 0 Å². The number of nitrogens with one attached hydrogen (secondary N) is 2. The molecule has 0 aromatic heterocycles. The molecule has 0 bridgehead atoms. The van der Waals surface area contributed by atoms with Crippen LogP contribution in [0.3, 0.4) is 0 Å². The molecular formula is C23H35IN4O2. The van der Waals surface area contributed by atoms with Crippen LogP contribution in [-0.4, -0.2) is 51.3 Å². The van der Waals surface area contributed by atoms with Gasteiger partial charge in [0.1, 0.15) is 17.6 Å². The molecule has 0 amide bonds. The molecule has 2 rings (SSSR count). The predicted octanol–water partition coefficient (Wildman–Crippen LogP) is 3.90. The van der Waals surface area contributed by atoms with Crippen LogP contribution in [0.15, 0.2) is 53.5 Å². The highest BCUT2D eigenvalue weighted by atomic mass is 127. The fourth-order valence-corrected chi connectivity index (χ4v) is 2.86. The van der Waals surface area contributed by atoms with E-state index < -0.39 is 0 Å². The summed E-state index contributed by atoms with van der Waals surface area (Å²) in [6.45, 7) is 7.53. The number of hydrogen-bond acceptors (Lipinski definition) is 4. The summed E-state index contributed by atoms with van der Waals surface area (Å²) in [7, 11) is 5.55. The predicted molar refractivity (Wildman–Crippen MR) is 135 cm³/mol. The standard InChI is InChI=1S/C23H34N4O2.HI/c1-6-27(4)17-20-10-7-9-19(13-20)16-26-23(24-3)25-15-18(2)29-22-12-8-11-21(14-22)28-5;/h7-14,18H,6,15-17H2,1-5H3,(H2,24,25,26);1H. The van der Waals surface area contributed by atoms with Gasteiger partial charge >= 0.3 is 0 Å². The zero-order chi connectivity index (χ0) is 21.1. The second-order valence-electron chi connectivity index (χ2n) is 7.06. The number of methoxy groups -OCH3 is 1. The van der Waals surface area contributed by atoms with E-state index in [2.05, 4.69) is 58.8 Å². The molecule has 7 heteroatoms. The van der Waals surface area contributed by atoms with Crippen LogP contribution in [0.1, 0.15) is 25.0 Å². The lowest BCUT2D eigenvalue weighted by molar-refractivity contribution is 0.223. The van der Waals surface area contributed by atoms with E-state index >= 15 is 0 Å². The first-order chi connectivity index (χ1) is 14.0. The van der Waals surface area contributed by atoms with E-state index in [9.17, 15) is 0 Å². The third kappa shape index (κ3) is 9.21. The van der Waals surface area contributed by atoms with Crippen molar-refractivity contribution in [2.45, 2.75) is 33.0 Å². The fraction of sp³-hybridized carbons (Fsp3) is 0.435. The molecule has 1 unspecified atom stereocenters. The van der Waals surface area contributed by atoms with Crippen LogP contribution >= 0.6 is 24.0 Å². The maximum absolute atomic E-state index is 5.95. The van der Waals surface area contributed by atoms with Crippen LogP contribution in [-0.2, 0) is 13.1 Å². The van der Waals surface area contributed by atoms with Gasteiger partial charge in [0.25, 0.3) is 0 Å². The Labute approximate surface area is 198 Å². The van der Waals surface area contributed by atoms with Gasteiger partial charge in [-0.05, 0) is 43.8 Å². The molecule has 1 atom stereocenters. The van der Waals surface area contributed by atoms with E-state index in [-0.39, 0.29) is 30.1 Å². The Kier molecular flexibility index (Phi) is 12.2. The Morgan fingerprint density at radius 3 is 2.47 bits per heavy atom. The number of guanidine groups is 1. The van der Waals surface area contributed by atoms with Crippen molar-refractivity contribution in [2.24, 2.45) is 4.99 Å². The number of aliphatic imine (C=N–C) groups is 1. The lowest BCUT2D eigenvalue weighted by Crippen LogP contribution is -2.41. The number of hydrogen-bond donors (Lipinski definition) is 2. The minimum absolute atomic E-state index is 0. The molecule has 2 N–H and O–H groups in total. The lowest BCUT2D eigenvalue weighted by Gasteiger charge is -2.18. The summed E-state index contributed by atoms with van der Waals surface area (Å²) in [5.74, 6) is 2.32. The van der Waals surface area contributed by atoms with Gasteiger partial charge in [0.2, 0.25) is 0 Å². The summed E-state index contributed by atoms with van der Waals surface area (Å²) < 4.78 is 11.2. The molecule has 0 heterocycles.